The second kappa shape index (κ2) is 7.88. The van der Waals surface area contributed by atoms with E-state index in [0.29, 0.717) is 29.1 Å². The number of benzene rings is 1. The summed E-state index contributed by atoms with van der Waals surface area (Å²) >= 11 is 0. The number of esters is 1. The first-order valence-electron chi connectivity index (χ1n) is 9.85. The van der Waals surface area contributed by atoms with Gasteiger partial charge in [-0.15, -0.1) is 0 Å². The summed E-state index contributed by atoms with van der Waals surface area (Å²) in [4.78, 5) is 42.3. The molecule has 4 rings (SSSR count). The van der Waals surface area contributed by atoms with Crippen molar-refractivity contribution in [2.75, 3.05) is 20.3 Å². The van der Waals surface area contributed by atoms with Crippen LogP contribution in [-0.4, -0.2) is 49.4 Å². The van der Waals surface area contributed by atoms with Crippen LogP contribution in [0.3, 0.4) is 0 Å². The predicted molar refractivity (Wildman–Crippen MR) is 114 cm³/mol. The Morgan fingerprint density at radius 3 is 2.52 bits per heavy atom. The van der Waals surface area contributed by atoms with E-state index in [-0.39, 0.29) is 19.1 Å². The van der Waals surface area contributed by atoms with E-state index >= 15 is 0 Å². The lowest BCUT2D eigenvalue weighted by molar-refractivity contribution is 0.0526. The number of hydrogen-bond donors (Lipinski definition) is 0. The van der Waals surface area contributed by atoms with E-state index in [4.69, 9.17) is 9.47 Å². The highest BCUT2D eigenvalue weighted by atomic mass is 16.5. The van der Waals surface area contributed by atoms with Crippen LogP contribution in [0.4, 0.5) is 0 Å². The van der Waals surface area contributed by atoms with E-state index in [1.54, 1.807) is 48.8 Å². The lowest BCUT2D eigenvalue weighted by Crippen LogP contribution is -2.40. The molecule has 0 bridgehead atoms. The third-order valence-corrected chi connectivity index (χ3v) is 5.18. The molecule has 0 aliphatic rings. The molecule has 0 radical (unpaired) electrons. The van der Waals surface area contributed by atoms with Crippen molar-refractivity contribution in [2.45, 2.75) is 20.4 Å². The van der Waals surface area contributed by atoms with Crippen molar-refractivity contribution in [3.8, 4) is 5.69 Å². The lowest BCUT2D eigenvalue weighted by Gasteiger charge is -2.07. The third kappa shape index (κ3) is 3.25. The van der Waals surface area contributed by atoms with Gasteiger partial charge in [0.25, 0.3) is 5.56 Å². The predicted octanol–water partition coefficient (Wildman–Crippen LogP) is 1.27. The fourth-order valence-electron chi connectivity index (χ4n) is 3.67. The molecule has 10 nitrogen and oxygen atoms in total. The van der Waals surface area contributed by atoms with E-state index in [0.717, 1.165) is 15.9 Å². The first-order valence-corrected chi connectivity index (χ1v) is 9.85. The number of aryl methyl sites for hydroxylation is 2. The molecule has 3 heterocycles. The zero-order valence-electron chi connectivity index (χ0n) is 17.8. The van der Waals surface area contributed by atoms with Gasteiger partial charge in [0.2, 0.25) is 5.78 Å². The Morgan fingerprint density at radius 1 is 1.16 bits per heavy atom. The molecule has 0 aliphatic carbocycles. The van der Waals surface area contributed by atoms with Crippen molar-refractivity contribution in [2.24, 2.45) is 7.05 Å². The van der Waals surface area contributed by atoms with Crippen molar-refractivity contribution >= 4 is 22.9 Å². The van der Waals surface area contributed by atoms with Gasteiger partial charge in [0.1, 0.15) is 0 Å². The van der Waals surface area contributed by atoms with Gasteiger partial charge < -0.3 is 9.47 Å². The molecule has 0 amide bonds. The Hall–Kier alpha value is -3.66. The van der Waals surface area contributed by atoms with Crippen molar-refractivity contribution in [3.05, 3.63) is 62.6 Å². The summed E-state index contributed by atoms with van der Waals surface area (Å²) in [6, 6.07) is 6.93. The SMILES string of the molecule is CCOC(=O)c1ccc(-n2c(C)cn3c4c(=O)n(CCOC)c(=O)n(C)c4nc23)cc1. The van der Waals surface area contributed by atoms with Gasteiger partial charge in [0.05, 0.1) is 25.3 Å². The third-order valence-electron chi connectivity index (χ3n) is 5.18. The Bertz CT molecular complexity index is 1400. The summed E-state index contributed by atoms with van der Waals surface area (Å²) in [5, 5.41) is 0. The number of aromatic nitrogens is 5. The normalized spacial score (nSPS) is 11.5. The zero-order valence-corrected chi connectivity index (χ0v) is 17.8. The second-order valence-corrected chi connectivity index (χ2v) is 7.12. The van der Waals surface area contributed by atoms with Crippen molar-refractivity contribution < 1.29 is 14.3 Å². The fraction of sp³-hybridized carbons (Fsp3) is 0.333. The molecule has 1 aromatic carbocycles. The molecule has 162 valence electrons. The molecule has 0 fully saturated rings. The number of fused-ring (bicyclic) bond motifs is 3. The maximum Gasteiger partial charge on any atom is 0.338 e. The largest absolute Gasteiger partial charge is 0.462 e. The Labute approximate surface area is 176 Å². The Kier molecular flexibility index (Phi) is 5.24. The van der Waals surface area contributed by atoms with E-state index < -0.39 is 11.2 Å². The standard InChI is InChI=1S/C21H23N5O5/c1-5-31-19(28)14-6-8-15(9-7-14)26-13(2)12-25-16-17(22-20(25)26)23(3)21(29)24(18(16)27)10-11-30-4/h6-9,12H,5,10-11H2,1-4H3. The van der Waals surface area contributed by atoms with E-state index in [9.17, 15) is 14.4 Å². The molecule has 10 heteroatoms. The molecule has 0 saturated heterocycles. The molecule has 0 N–H and O–H groups in total. The summed E-state index contributed by atoms with van der Waals surface area (Å²) in [6.07, 6.45) is 1.80. The van der Waals surface area contributed by atoms with Crippen molar-refractivity contribution in [1.82, 2.24) is 23.1 Å². The summed E-state index contributed by atoms with van der Waals surface area (Å²) in [7, 11) is 3.10. The number of methoxy groups -OCH3 is 1. The Morgan fingerprint density at radius 2 is 1.87 bits per heavy atom. The molecule has 0 saturated carbocycles. The smallest absolute Gasteiger partial charge is 0.338 e. The molecule has 31 heavy (non-hydrogen) atoms. The van der Waals surface area contributed by atoms with Crippen LogP contribution < -0.4 is 11.2 Å². The minimum Gasteiger partial charge on any atom is -0.462 e. The van der Waals surface area contributed by atoms with Crippen LogP contribution in [-0.2, 0) is 23.1 Å². The maximum atomic E-state index is 13.1. The van der Waals surface area contributed by atoms with Crippen molar-refractivity contribution in [1.29, 1.82) is 0 Å². The molecule has 0 spiro atoms. The van der Waals surface area contributed by atoms with Crippen LogP contribution in [0.5, 0.6) is 0 Å². The van der Waals surface area contributed by atoms with Gasteiger partial charge in [-0.3, -0.25) is 22.9 Å². The van der Waals surface area contributed by atoms with Gasteiger partial charge in [-0.05, 0) is 38.1 Å². The number of imidazole rings is 2. The number of rotatable bonds is 6. The van der Waals surface area contributed by atoms with Gasteiger partial charge in [-0.1, -0.05) is 0 Å². The number of carbonyl (C=O) groups is 1. The van der Waals surface area contributed by atoms with E-state index in [2.05, 4.69) is 4.98 Å². The highest BCUT2D eigenvalue weighted by Gasteiger charge is 2.20. The molecule has 4 aromatic rings. The summed E-state index contributed by atoms with van der Waals surface area (Å²) in [5.74, 6) is 0.106. The quantitative estimate of drug-likeness (QED) is 0.431. The van der Waals surface area contributed by atoms with Crippen LogP contribution in [0, 0.1) is 6.92 Å². The average molecular weight is 425 g/mol. The Balaban J connectivity index is 1.92. The summed E-state index contributed by atoms with van der Waals surface area (Å²) < 4.78 is 16.1. The average Bonchev–Trinajstić information content (AvgIpc) is 3.27. The molecular formula is C21H23N5O5. The first-order chi connectivity index (χ1) is 14.9. The number of nitrogens with zero attached hydrogens (tertiary/aromatic N) is 5. The fourth-order valence-corrected chi connectivity index (χ4v) is 3.67. The molecule has 0 aliphatic heterocycles. The minimum atomic E-state index is -0.447. The lowest BCUT2D eigenvalue weighted by atomic mass is 10.2. The second-order valence-electron chi connectivity index (χ2n) is 7.12. The molecular weight excluding hydrogens is 402 g/mol. The molecule has 0 atom stereocenters. The van der Waals surface area contributed by atoms with Gasteiger partial charge in [0.15, 0.2) is 11.2 Å². The van der Waals surface area contributed by atoms with E-state index in [1.807, 2.05) is 11.5 Å². The topological polar surface area (TPSA) is 102 Å². The summed E-state index contributed by atoms with van der Waals surface area (Å²) in [6.45, 7) is 4.35. The maximum absolute atomic E-state index is 13.1. The van der Waals surface area contributed by atoms with Crippen LogP contribution in [0.2, 0.25) is 0 Å². The van der Waals surface area contributed by atoms with Crippen molar-refractivity contribution in [3.63, 3.8) is 0 Å². The van der Waals surface area contributed by atoms with Crippen LogP contribution >= 0.6 is 0 Å². The number of ether oxygens (including phenoxy) is 2. The van der Waals surface area contributed by atoms with Crippen LogP contribution in [0.25, 0.3) is 22.6 Å². The number of hydrogen-bond acceptors (Lipinski definition) is 6. The summed E-state index contributed by atoms with van der Waals surface area (Å²) in [5.41, 5.74) is 1.80. The first kappa shape index (κ1) is 20.6. The van der Waals surface area contributed by atoms with Gasteiger partial charge >= 0.3 is 11.7 Å². The molecule has 3 aromatic heterocycles. The van der Waals surface area contributed by atoms with Gasteiger partial charge in [-0.25, -0.2) is 9.59 Å². The molecule has 0 unspecified atom stereocenters. The highest BCUT2D eigenvalue weighted by molar-refractivity contribution is 5.89. The zero-order chi connectivity index (χ0) is 22.3. The van der Waals surface area contributed by atoms with Gasteiger partial charge in [-0.2, -0.15) is 4.98 Å². The van der Waals surface area contributed by atoms with Gasteiger partial charge in [0, 0.05) is 31.7 Å². The minimum absolute atomic E-state index is 0.153. The number of carbonyl (C=O) groups excluding carboxylic acids is 1. The van der Waals surface area contributed by atoms with Crippen LogP contribution in [0.15, 0.2) is 40.1 Å². The van der Waals surface area contributed by atoms with Crippen LogP contribution in [0.1, 0.15) is 23.0 Å². The highest BCUT2D eigenvalue weighted by Crippen LogP contribution is 2.21. The monoisotopic (exact) mass is 425 g/mol. The van der Waals surface area contributed by atoms with E-state index in [1.165, 1.54) is 11.7 Å².